The number of unbranched alkanes of at least 4 members (excludes halogenated alkanes) is 12. The molecule has 6 atom stereocenters. The van der Waals surface area contributed by atoms with Crippen molar-refractivity contribution in [2.75, 3.05) is 19.8 Å². The maximum absolute atomic E-state index is 12.8. The summed E-state index contributed by atoms with van der Waals surface area (Å²) in [5.74, 6) is -0.500. The zero-order valence-corrected chi connectivity index (χ0v) is 38.8. The van der Waals surface area contributed by atoms with Gasteiger partial charge in [0.25, 0.3) is 0 Å². The van der Waals surface area contributed by atoms with Gasteiger partial charge in [0.2, 0.25) is 0 Å². The average Bonchev–Trinajstić information content (AvgIpc) is 3.26. The molecule has 1 aliphatic rings. The number of carbonyl (C=O) groups excluding carboxylic acids is 1. The van der Waals surface area contributed by atoms with Gasteiger partial charge in [0, 0.05) is 13.0 Å². The molecule has 356 valence electrons. The van der Waals surface area contributed by atoms with Crippen molar-refractivity contribution in [3.63, 3.8) is 0 Å². The number of aliphatic hydroxyl groups is 5. The molecular formula is C49H83O12P. The van der Waals surface area contributed by atoms with Gasteiger partial charge in [-0.3, -0.25) is 13.8 Å². The third-order valence-electron chi connectivity index (χ3n) is 10.3. The summed E-state index contributed by atoms with van der Waals surface area (Å²) in [6.45, 7) is 4.02. The molecule has 0 amide bonds. The Hall–Kier alpha value is -2.48. The lowest BCUT2D eigenvalue weighted by molar-refractivity contribution is -0.220. The van der Waals surface area contributed by atoms with Crippen LogP contribution < -0.4 is 0 Å². The zero-order chi connectivity index (χ0) is 45.5. The molecule has 0 bridgehead atoms. The Morgan fingerprint density at radius 1 is 0.532 bits per heavy atom. The monoisotopic (exact) mass is 895 g/mol. The molecule has 0 radical (unpaired) electrons. The van der Waals surface area contributed by atoms with Crippen LogP contribution in [0.3, 0.4) is 0 Å². The van der Waals surface area contributed by atoms with Crippen molar-refractivity contribution in [2.24, 2.45) is 0 Å². The van der Waals surface area contributed by atoms with E-state index in [-0.39, 0.29) is 13.0 Å². The molecule has 0 aromatic heterocycles. The van der Waals surface area contributed by atoms with Crippen molar-refractivity contribution in [2.45, 2.75) is 198 Å². The number of rotatable bonds is 38. The number of allylic oxidation sites excluding steroid dienone is 14. The fraction of sp³-hybridized carbons (Fsp3) is 0.694. The lowest BCUT2D eigenvalue weighted by Gasteiger charge is -2.41. The Balaban J connectivity index is 2.37. The maximum Gasteiger partial charge on any atom is 0.472 e. The summed E-state index contributed by atoms with van der Waals surface area (Å²) >= 11 is 0. The van der Waals surface area contributed by atoms with Crippen molar-refractivity contribution >= 4 is 13.8 Å². The predicted molar refractivity (Wildman–Crippen MR) is 248 cm³/mol. The Morgan fingerprint density at radius 2 is 0.952 bits per heavy atom. The first kappa shape index (κ1) is 57.5. The zero-order valence-electron chi connectivity index (χ0n) is 37.9. The van der Waals surface area contributed by atoms with Crippen LogP contribution >= 0.6 is 7.82 Å². The number of hydrogen-bond donors (Lipinski definition) is 6. The van der Waals surface area contributed by atoms with E-state index in [0.29, 0.717) is 13.0 Å². The first-order valence-corrected chi connectivity index (χ1v) is 24.9. The highest BCUT2D eigenvalue weighted by Crippen LogP contribution is 2.47. The predicted octanol–water partition coefficient (Wildman–Crippen LogP) is 9.75. The molecule has 6 N–H and O–H groups in total. The number of esters is 1. The van der Waals surface area contributed by atoms with E-state index in [1.165, 1.54) is 12.8 Å². The Kier molecular flexibility index (Phi) is 36.1. The van der Waals surface area contributed by atoms with E-state index in [2.05, 4.69) is 98.9 Å². The van der Waals surface area contributed by atoms with E-state index >= 15 is 0 Å². The molecule has 0 aromatic carbocycles. The van der Waals surface area contributed by atoms with Crippen LogP contribution in [0.4, 0.5) is 0 Å². The third-order valence-corrected chi connectivity index (χ3v) is 11.2. The molecular weight excluding hydrogens is 812 g/mol. The molecule has 6 unspecified atom stereocenters. The van der Waals surface area contributed by atoms with Gasteiger partial charge in [-0.15, -0.1) is 0 Å². The summed E-state index contributed by atoms with van der Waals surface area (Å²) in [5, 5.41) is 50.1. The van der Waals surface area contributed by atoms with Gasteiger partial charge in [0.1, 0.15) is 42.7 Å². The van der Waals surface area contributed by atoms with Crippen LogP contribution in [0.25, 0.3) is 0 Å². The van der Waals surface area contributed by atoms with Gasteiger partial charge in [0.15, 0.2) is 0 Å². The maximum atomic E-state index is 12.8. The lowest BCUT2D eigenvalue weighted by atomic mass is 9.85. The van der Waals surface area contributed by atoms with E-state index in [0.717, 1.165) is 116 Å². The van der Waals surface area contributed by atoms with Crippen LogP contribution in [0, 0.1) is 0 Å². The minimum atomic E-state index is -5.03. The molecule has 1 aliphatic carbocycles. The number of carbonyl (C=O) groups is 1. The quantitative estimate of drug-likeness (QED) is 0.0149. The summed E-state index contributed by atoms with van der Waals surface area (Å²) in [7, 11) is -5.03. The van der Waals surface area contributed by atoms with Crippen LogP contribution in [0.5, 0.6) is 0 Å². The smallest absolute Gasteiger partial charge is 0.457 e. The number of phosphoric acid groups is 1. The van der Waals surface area contributed by atoms with Gasteiger partial charge >= 0.3 is 13.8 Å². The van der Waals surface area contributed by atoms with E-state index in [4.69, 9.17) is 18.5 Å². The molecule has 0 heterocycles. The molecule has 1 saturated carbocycles. The second-order valence-electron chi connectivity index (χ2n) is 15.9. The first-order chi connectivity index (χ1) is 30.0. The standard InChI is InChI=1S/C49H83O12P/c1-3-5-7-9-11-13-15-16-17-18-19-20-21-22-23-24-25-26-27-29-31-33-35-37-39-58-40-42(60-43(50)38-36-34-32-30-28-14-12-10-8-6-4-2)41-59-62(56,57)61-49-47(54)45(52)44(51)46(53)48(49)55/h5,7,10-13,16-17,19-20,22-23,25-26,42,44-49,51-55H,3-4,6,8-9,14-15,18,21,24,27-41H2,1-2H3,(H,56,57)/b7-5-,12-10-,13-11-,17-16-,20-19-,23-22-,26-25-. The third kappa shape index (κ3) is 30.6. The van der Waals surface area contributed by atoms with Gasteiger partial charge < -0.3 is 39.9 Å². The topological polar surface area (TPSA) is 192 Å². The minimum absolute atomic E-state index is 0.0987. The molecule has 0 aromatic rings. The molecule has 1 fully saturated rings. The van der Waals surface area contributed by atoms with Gasteiger partial charge in [-0.05, 0) is 83.5 Å². The van der Waals surface area contributed by atoms with Gasteiger partial charge in [-0.1, -0.05) is 150 Å². The van der Waals surface area contributed by atoms with Gasteiger partial charge in [-0.2, -0.15) is 0 Å². The van der Waals surface area contributed by atoms with Crippen LogP contribution in [-0.2, 0) is 27.9 Å². The summed E-state index contributed by atoms with van der Waals surface area (Å²) < 4.78 is 34.1. The van der Waals surface area contributed by atoms with Crippen molar-refractivity contribution < 1.29 is 58.3 Å². The number of aliphatic hydroxyl groups excluding tert-OH is 5. The molecule has 13 heteroatoms. The highest BCUT2D eigenvalue weighted by atomic mass is 31.2. The Morgan fingerprint density at radius 3 is 1.47 bits per heavy atom. The first-order valence-electron chi connectivity index (χ1n) is 23.4. The number of phosphoric ester groups is 1. The SMILES string of the molecule is CC/C=C\C/C=C\C/C=C\C/C=C\C/C=C\C/C=C\CCCCCCCOCC(COP(=O)(O)OC1C(O)C(O)C(O)C(O)C1O)OC(=O)CCCCCCC/C=C\CCCC. The van der Waals surface area contributed by atoms with Crippen LogP contribution in [0.2, 0.25) is 0 Å². The van der Waals surface area contributed by atoms with Gasteiger partial charge in [0.05, 0.1) is 13.2 Å². The van der Waals surface area contributed by atoms with E-state index in [1.807, 2.05) is 0 Å². The van der Waals surface area contributed by atoms with Crippen LogP contribution in [0.1, 0.15) is 155 Å². The normalized spacial score (nSPS) is 22.8. The molecule has 0 spiro atoms. The highest BCUT2D eigenvalue weighted by Gasteiger charge is 2.51. The largest absolute Gasteiger partial charge is 0.472 e. The number of ether oxygens (including phenoxy) is 2. The lowest BCUT2D eigenvalue weighted by Crippen LogP contribution is -2.64. The Bertz CT molecular complexity index is 1340. The summed E-state index contributed by atoms with van der Waals surface area (Å²) in [4.78, 5) is 23.1. The van der Waals surface area contributed by atoms with Crippen molar-refractivity contribution in [3.8, 4) is 0 Å². The van der Waals surface area contributed by atoms with E-state index < -0.39 is 63.1 Å². The molecule has 1 rings (SSSR count). The van der Waals surface area contributed by atoms with Gasteiger partial charge in [-0.25, -0.2) is 4.57 Å². The van der Waals surface area contributed by atoms with Crippen molar-refractivity contribution in [1.29, 1.82) is 0 Å². The second-order valence-corrected chi connectivity index (χ2v) is 17.3. The second kappa shape index (κ2) is 38.9. The molecule has 0 saturated heterocycles. The summed E-state index contributed by atoms with van der Waals surface area (Å²) in [6, 6.07) is 0. The van der Waals surface area contributed by atoms with Crippen molar-refractivity contribution in [3.05, 3.63) is 85.1 Å². The molecule has 0 aliphatic heterocycles. The fourth-order valence-electron chi connectivity index (χ4n) is 6.51. The van der Waals surface area contributed by atoms with Crippen LogP contribution in [0.15, 0.2) is 85.1 Å². The number of hydrogen-bond acceptors (Lipinski definition) is 11. The average molecular weight is 895 g/mol. The molecule has 12 nitrogen and oxygen atoms in total. The fourth-order valence-corrected chi connectivity index (χ4v) is 7.49. The summed E-state index contributed by atoms with van der Waals surface area (Å²) in [5.41, 5.74) is 0. The summed E-state index contributed by atoms with van der Waals surface area (Å²) in [6.07, 6.45) is 39.4. The van der Waals surface area contributed by atoms with E-state index in [1.54, 1.807) is 0 Å². The van der Waals surface area contributed by atoms with E-state index in [9.17, 15) is 39.8 Å². The Labute approximate surface area is 373 Å². The highest BCUT2D eigenvalue weighted by molar-refractivity contribution is 7.47. The molecule has 62 heavy (non-hydrogen) atoms. The minimum Gasteiger partial charge on any atom is -0.457 e. The van der Waals surface area contributed by atoms with Crippen LogP contribution in [-0.4, -0.2) is 98.9 Å². The van der Waals surface area contributed by atoms with Crippen molar-refractivity contribution in [1.82, 2.24) is 0 Å².